The minimum atomic E-state index is -0.112. The van der Waals surface area contributed by atoms with Gasteiger partial charge in [-0.2, -0.15) is 0 Å². The molecule has 242 valence electrons. The number of nitrogens with zero attached hydrogens (tertiary/aromatic N) is 2. The maximum Gasteiger partial charge on any atom is 0.0626 e. The highest BCUT2D eigenvalue weighted by molar-refractivity contribution is 6.27. The molecule has 0 unspecified atom stereocenters. The number of benzene rings is 8. The Morgan fingerprint density at radius 3 is 1.94 bits per heavy atom. The standard InChI is InChI=1S/C49H36N2/c1-49(2)42-26-15-14-25-39(42)40-30-29-37(32-43(40)49)50(35-20-8-4-9-21-35)44-27-16-28-45-47(44)46-41(33-17-6-3-7-18-33)31-34-19-12-13-24-38(34)48(46)51(45)36-22-10-5-11-23-36/h3-32H,1-2H3. The average Bonchev–Trinajstić information content (AvgIpc) is 3.66. The Kier molecular flexibility index (Phi) is 6.56. The fourth-order valence-electron chi connectivity index (χ4n) is 8.62. The lowest BCUT2D eigenvalue weighted by Crippen LogP contribution is -2.16. The molecular weight excluding hydrogens is 617 g/mol. The van der Waals surface area contributed by atoms with Crippen LogP contribution in [0.2, 0.25) is 0 Å². The lowest BCUT2D eigenvalue weighted by atomic mass is 9.82. The molecule has 1 heterocycles. The summed E-state index contributed by atoms with van der Waals surface area (Å²) in [6.07, 6.45) is 0. The molecule has 0 radical (unpaired) electrons. The van der Waals surface area contributed by atoms with Gasteiger partial charge in [0.2, 0.25) is 0 Å². The lowest BCUT2D eigenvalue weighted by molar-refractivity contribution is 0.660. The van der Waals surface area contributed by atoms with E-state index in [1.807, 2.05) is 0 Å². The van der Waals surface area contributed by atoms with Crippen molar-refractivity contribution in [2.24, 2.45) is 0 Å². The lowest BCUT2D eigenvalue weighted by Gasteiger charge is -2.29. The molecule has 0 aliphatic heterocycles. The van der Waals surface area contributed by atoms with E-state index in [2.05, 4.69) is 205 Å². The summed E-state index contributed by atoms with van der Waals surface area (Å²) < 4.78 is 2.48. The molecule has 0 bridgehead atoms. The summed E-state index contributed by atoms with van der Waals surface area (Å²) in [7, 11) is 0. The predicted molar refractivity (Wildman–Crippen MR) is 216 cm³/mol. The van der Waals surface area contributed by atoms with E-state index < -0.39 is 0 Å². The molecule has 1 aliphatic rings. The molecule has 0 fully saturated rings. The molecule has 10 rings (SSSR count). The van der Waals surface area contributed by atoms with Gasteiger partial charge in [-0.1, -0.05) is 141 Å². The van der Waals surface area contributed by atoms with Crippen molar-refractivity contribution in [2.75, 3.05) is 4.90 Å². The first-order valence-electron chi connectivity index (χ1n) is 17.8. The van der Waals surface area contributed by atoms with Gasteiger partial charge in [-0.3, -0.25) is 0 Å². The van der Waals surface area contributed by atoms with Crippen molar-refractivity contribution in [1.82, 2.24) is 4.57 Å². The third-order valence-electron chi connectivity index (χ3n) is 10.9. The quantitative estimate of drug-likeness (QED) is 0.180. The number of hydrogen-bond acceptors (Lipinski definition) is 1. The second-order valence-electron chi connectivity index (χ2n) is 14.1. The fourth-order valence-corrected chi connectivity index (χ4v) is 8.62. The Morgan fingerprint density at radius 1 is 0.471 bits per heavy atom. The highest BCUT2D eigenvalue weighted by Crippen LogP contribution is 2.52. The van der Waals surface area contributed by atoms with Crippen molar-refractivity contribution in [3.05, 3.63) is 193 Å². The third kappa shape index (κ3) is 4.43. The molecule has 2 heteroatoms. The van der Waals surface area contributed by atoms with Crippen LogP contribution >= 0.6 is 0 Å². The monoisotopic (exact) mass is 652 g/mol. The Morgan fingerprint density at radius 2 is 1.14 bits per heavy atom. The zero-order valence-corrected chi connectivity index (χ0v) is 28.7. The molecule has 9 aromatic rings. The predicted octanol–water partition coefficient (Wildman–Crippen LogP) is 13.4. The van der Waals surface area contributed by atoms with E-state index in [1.165, 1.54) is 66.0 Å². The molecule has 0 atom stereocenters. The van der Waals surface area contributed by atoms with Crippen molar-refractivity contribution < 1.29 is 0 Å². The molecule has 8 aromatic carbocycles. The Hall–Kier alpha value is -6.38. The highest BCUT2D eigenvalue weighted by atomic mass is 15.1. The van der Waals surface area contributed by atoms with Crippen molar-refractivity contribution >= 4 is 49.6 Å². The fraction of sp³-hybridized carbons (Fsp3) is 0.0612. The van der Waals surface area contributed by atoms with Crippen molar-refractivity contribution in [3.8, 4) is 27.9 Å². The molecule has 0 saturated carbocycles. The summed E-state index contributed by atoms with van der Waals surface area (Å²) in [6.45, 7) is 4.72. The third-order valence-corrected chi connectivity index (χ3v) is 10.9. The normalized spacial score (nSPS) is 13.1. The maximum absolute atomic E-state index is 2.48. The second kappa shape index (κ2) is 11.3. The summed E-state index contributed by atoms with van der Waals surface area (Å²) in [4.78, 5) is 2.47. The van der Waals surface area contributed by atoms with Crippen LogP contribution in [0.1, 0.15) is 25.0 Å². The zero-order chi connectivity index (χ0) is 34.1. The van der Waals surface area contributed by atoms with Gasteiger partial charge in [0.25, 0.3) is 0 Å². The van der Waals surface area contributed by atoms with Gasteiger partial charge in [0, 0.05) is 38.6 Å². The van der Waals surface area contributed by atoms with Crippen LogP contribution in [-0.2, 0) is 5.41 Å². The maximum atomic E-state index is 2.48. The van der Waals surface area contributed by atoms with E-state index in [0.717, 1.165) is 22.7 Å². The van der Waals surface area contributed by atoms with Gasteiger partial charge in [0.15, 0.2) is 0 Å². The van der Waals surface area contributed by atoms with Crippen molar-refractivity contribution in [3.63, 3.8) is 0 Å². The topological polar surface area (TPSA) is 8.17 Å². The van der Waals surface area contributed by atoms with E-state index in [1.54, 1.807) is 0 Å². The highest BCUT2D eigenvalue weighted by Gasteiger charge is 2.36. The van der Waals surface area contributed by atoms with Gasteiger partial charge in [0.1, 0.15) is 0 Å². The van der Waals surface area contributed by atoms with Crippen LogP contribution in [0.3, 0.4) is 0 Å². The minimum Gasteiger partial charge on any atom is -0.310 e. The number of hydrogen-bond donors (Lipinski definition) is 0. The molecule has 0 amide bonds. The van der Waals surface area contributed by atoms with Crippen LogP contribution in [0.15, 0.2) is 182 Å². The van der Waals surface area contributed by atoms with Crippen LogP contribution < -0.4 is 4.90 Å². The van der Waals surface area contributed by atoms with Crippen LogP contribution in [0.4, 0.5) is 17.1 Å². The molecule has 0 saturated heterocycles. The van der Waals surface area contributed by atoms with E-state index >= 15 is 0 Å². The van der Waals surface area contributed by atoms with Gasteiger partial charge >= 0.3 is 0 Å². The van der Waals surface area contributed by atoms with Crippen molar-refractivity contribution in [2.45, 2.75) is 19.3 Å². The van der Waals surface area contributed by atoms with E-state index in [4.69, 9.17) is 0 Å². The van der Waals surface area contributed by atoms with E-state index in [-0.39, 0.29) is 5.41 Å². The van der Waals surface area contributed by atoms with Gasteiger partial charge in [-0.15, -0.1) is 0 Å². The Bertz CT molecular complexity index is 2760. The summed E-state index contributed by atoms with van der Waals surface area (Å²) in [5.41, 5.74) is 14.7. The number of aromatic nitrogens is 1. The summed E-state index contributed by atoms with van der Waals surface area (Å²) in [5, 5.41) is 4.95. The number of fused-ring (bicyclic) bond motifs is 8. The molecule has 0 spiro atoms. The van der Waals surface area contributed by atoms with Gasteiger partial charge < -0.3 is 9.47 Å². The molecule has 51 heavy (non-hydrogen) atoms. The van der Waals surface area contributed by atoms with Gasteiger partial charge in [-0.05, 0) is 93.4 Å². The zero-order valence-electron chi connectivity index (χ0n) is 28.7. The molecule has 0 N–H and O–H groups in total. The largest absolute Gasteiger partial charge is 0.310 e. The number of anilines is 3. The second-order valence-corrected chi connectivity index (χ2v) is 14.1. The molecule has 1 aromatic heterocycles. The SMILES string of the molecule is CC1(C)c2ccccc2-c2ccc(N(c3ccccc3)c3cccc4c3c3c(-c5ccccc5)cc5ccccc5c3n4-c3ccccc3)cc21. The summed E-state index contributed by atoms with van der Waals surface area (Å²) >= 11 is 0. The van der Waals surface area contributed by atoms with Crippen LogP contribution in [0.5, 0.6) is 0 Å². The van der Waals surface area contributed by atoms with E-state index in [9.17, 15) is 0 Å². The molecule has 2 nitrogen and oxygen atoms in total. The number of rotatable bonds is 5. The van der Waals surface area contributed by atoms with Crippen LogP contribution in [-0.4, -0.2) is 4.57 Å². The average molecular weight is 653 g/mol. The van der Waals surface area contributed by atoms with Gasteiger partial charge in [0.05, 0.1) is 16.7 Å². The first-order chi connectivity index (χ1) is 25.1. The van der Waals surface area contributed by atoms with Crippen molar-refractivity contribution in [1.29, 1.82) is 0 Å². The molecular formula is C49H36N2. The smallest absolute Gasteiger partial charge is 0.0626 e. The van der Waals surface area contributed by atoms with E-state index in [0.29, 0.717) is 0 Å². The first kappa shape index (κ1) is 29.5. The van der Waals surface area contributed by atoms with Crippen LogP contribution in [0, 0.1) is 0 Å². The Balaban J connectivity index is 1.35. The first-order valence-corrected chi connectivity index (χ1v) is 17.8. The van der Waals surface area contributed by atoms with Crippen LogP contribution in [0.25, 0.3) is 60.5 Å². The number of para-hydroxylation sites is 2. The minimum absolute atomic E-state index is 0.112. The summed E-state index contributed by atoms with van der Waals surface area (Å²) in [6, 6.07) is 66.6. The Labute approximate surface area is 298 Å². The summed E-state index contributed by atoms with van der Waals surface area (Å²) in [5.74, 6) is 0. The molecule has 1 aliphatic carbocycles. The van der Waals surface area contributed by atoms with Gasteiger partial charge in [-0.25, -0.2) is 0 Å².